The van der Waals surface area contributed by atoms with Crippen LogP contribution in [0.3, 0.4) is 0 Å². The number of anilines is 1. The van der Waals surface area contributed by atoms with Gasteiger partial charge in [-0.2, -0.15) is 17.7 Å². The van der Waals surface area contributed by atoms with Crippen LogP contribution >= 0.6 is 0 Å². The summed E-state index contributed by atoms with van der Waals surface area (Å²) in [6.45, 7) is 0. The van der Waals surface area contributed by atoms with E-state index in [4.69, 9.17) is 17.4 Å². The summed E-state index contributed by atoms with van der Waals surface area (Å²) in [7, 11) is 0.124. The minimum absolute atomic E-state index is 0.844. The number of pyridine rings is 1. The number of benzene rings is 2. The fraction of sp³-hybridized carbons (Fsp3) is 0.160. The van der Waals surface area contributed by atoms with E-state index in [1.165, 1.54) is 16.6 Å². The van der Waals surface area contributed by atoms with Crippen molar-refractivity contribution in [1.82, 2.24) is 0 Å². The molecule has 2 heterocycles. The third-order valence-corrected chi connectivity index (χ3v) is 5.66. The summed E-state index contributed by atoms with van der Waals surface area (Å²) in [5.74, 6) is 1.73. The van der Waals surface area contributed by atoms with Crippen molar-refractivity contribution in [3.05, 3.63) is 84.3 Å². The molecule has 0 atom stereocenters. The molecular formula is C25H23F3N2O4S. The maximum atomic E-state index is 10.7. The fourth-order valence-electron chi connectivity index (χ4n) is 3.22. The lowest BCUT2D eigenvalue weighted by molar-refractivity contribution is -0.646. The summed E-state index contributed by atoms with van der Waals surface area (Å²) in [6, 6.07) is 25.0. The zero-order chi connectivity index (χ0) is 25.8. The van der Waals surface area contributed by atoms with Gasteiger partial charge in [0.05, 0.1) is 0 Å². The summed E-state index contributed by atoms with van der Waals surface area (Å²) < 4.78 is 67.1. The Morgan fingerprint density at radius 2 is 1.60 bits per heavy atom. The first kappa shape index (κ1) is 26.0. The lowest BCUT2D eigenvalue weighted by atomic mass is 10.1. The molecule has 10 heteroatoms. The van der Waals surface area contributed by atoms with Crippen LogP contribution in [0.15, 0.2) is 77.2 Å². The van der Waals surface area contributed by atoms with Crippen LogP contribution in [0.5, 0.6) is 0 Å². The second-order valence-corrected chi connectivity index (χ2v) is 9.13. The van der Waals surface area contributed by atoms with Crippen LogP contribution in [0.2, 0.25) is 0 Å². The van der Waals surface area contributed by atoms with Crippen molar-refractivity contribution in [3.8, 4) is 11.3 Å². The molecule has 0 fully saturated rings. The van der Waals surface area contributed by atoms with E-state index >= 15 is 0 Å². The molecule has 2 aromatic heterocycles. The number of fused-ring (bicyclic) bond motifs is 1. The Morgan fingerprint density at radius 3 is 2.20 bits per heavy atom. The molecule has 0 aliphatic rings. The van der Waals surface area contributed by atoms with E-state index in [1.54, 1.807) is 0 Å². The number of alkyl halides is 3. The second kappa shape index (κ2) is 10.3. The lowest BCUT2D eigenvalue weighted by Gasteiger charge is -2.12. The molecule has 0 radical (unpaired) electrons. The summed E-state index contributed by atoms with van der Waals surface area (Å²) in [6.07, 6.45) is 4.11. The molecule has 35 heavy (non-hydrogen) atoms. The van der Waals surface area contributed by atoms with Crippen molar-refractivity contribution >= 4 is 38.9 Å². The number of nitrogens with zero attached hydrogens (tertiary/aromatic N) is 2. The highest BCUT2D eigenvalue weighted by Crippen LogP contribution is 2.23. The molecule has 0 unspecified atom stereocenters. The lowest BCUT2D eigenvalue weighted by Crippen LogP contribution is -2.32. The molecule has 0 spiro atoms. The standard InChI is InChI=1S/C24H23N2O.CHF3O3S/c1-25(2)21-12-15-23-19(17-21)9-10-20(26(23)3)11-13-22-14-16-24(27-22)18-7-5-4-6-8-18;2-1(3,4)8(5,6)7/h4-17H,1-3H3;(H,5,6,7)/q+1;/p-1/b13-11+;. The molecule has 184 valence electrons. The van der Waals surface area contributed by atoms with Crippen LogP contribution < -0.4 is 9.47 Å². The Morgan fingerprint density at radius 1 is 0.943 bits per heavy atom. The molecule has 0 amide bonds. The normalized spacial score (nSPS) is 12.0. The van der Waals surface area contributed by atoms with Gasteiger partial charge in [-0.05, 0) is 36.4 Å². The van der Waals surface area contributed by atoms with Gasteiger partial charge in [0.1, 0.15) is 18.6 Å². The largest absolute Gasteiger partial charge is 0.741 e. The van der Waals surface area contributed by atoms with Crippen molar-refractivity contribution < 1.29 is 35.1 Å². The molecule has 4 rings (SSSR count). The number of halogens is 3. The average molecular weight is 505 g/mol. The highest BCUT2D eigenvalue weighted by Gasteiger charge is 2.36. The number of rotatable bonds is 4. The quantitative estimate of drug-likeness (QED) is 0.217. The molecule has 4 aromatic rings. The molecule has 0 bridgehead atoms. The molecule has 0 aliphatic heterocycles. The molecule has 0 saturated heterocycles. The van der Waals surface area contributed by atoms with Crippen molar-refractivity contribution in [3.63, 3.8) is 0 Å². The second-order valence-electron chi connectivity index (χ2n) is 7.76. The fourth-order valence-corrected chi connectivity index (χ4v) is 3.22. The summed E-state index contributed by atoms with van der Waals surface area (Å²) in [4.78, 5) is 2.12. The Kier molecular flexibility index (Phi) is 7.67. The zero-order valence-corrected chi connectivity index (χ0v) is 20.0. The van der Waals surface area contributed by atoms with Crippen molar-refractivity contribution in [2.45, 2.75) is 5.51 Å². The van der Waals surface area contributed by atoms with Crippen LogP contribution in [0, 0.1) is 0 Å². The summed E-state index contributed by atoms with van der Waals surface area (Å²) in [5, 5.41) is 1.23. The van der Waals surface area contributed by atoms with Crippen molar-refractivity contribution in [1.29, 1.82) is 0 Å². The highest BCUT2D eigenvalue weighted by molar-refractivity contribution is 7.86. The van der Waals surface area contributed by atoms with Gasteiger partial charge in [0, 0.05) is 48.9 Å². The van der Waals surface area contributed by atoms with Crippen LogP contribution in [-0.4, -0.2) is 32.6 Å². The van der Waals surface area contributed by atoms with Crippen LogP contribution in [-0.2, 0) is 17.2 Å². The number of furan rings is 1. The van der Waals surface area contributed by atoms with Crippen LogP contribution in [0.25, 0.3) is 34.4 Å². The average Bonchev–Trinajstić information content (AvgIpc) is 3.27. The topological polar surface area (TPSA) is 77.5 Å². The van der Waals surface area contributed by atoms with Crippen molar-refractivity contribution in [2.24, 2.45) is 7.05 Å². The Balaban J connectivity index is 0.000000371. The van der Waals surface area contributed by atoms with Gasteiger partial charge in [0.15, 0.2) is 10.1 Å². The molecule has 0 N–H and O–H groups in total. The molecule has 0 saturated carbocycles. The van der Waals surface area contributed by atoms with Gasteiger partial charge in [0.2, 0.25) is 11.2 Å². The minimum Gasteiger partial charge on any atom is -0.741 e. The number of aryl methyl sites for hydroxylation is 1. The van der Waals surface area contributed by atoms with E-state index in [0.29, 0.717) is 0 Å². The Bertz CT molecular complexity index is 1440. The Labute approximate surface area is 201 Å². The van der Waals surface area contributed by atoms with E-state index in [-0.39, 0.29) is 0 Å². The van der Waals surface area contributed by atoms with Crippen molar-refractivity contribution in [2.75, 3.05) is 19.0 Å². The third kappa shape index (κ3) is 6.49. The van der Waals surface area contributed by atoms with Gasteiger partial charge >= 0.3 is 5.51 Å². The minimum atomic E-state index is -6.09. The van der Waals surface area contributed by atoms with Crippen LogP contribution in [0.1, 0.15) is 11.5 Å². The monoisotopic (exact) mass is 504 g/mol. The number of aromatic nitrogens is 1. The van der Waals surface area contributed by atoms with Crippen LogP contribution in [0.4, 0.5) is 18.9 Å². The third-order valence-electron chi connectivity index (χ3n) is 5.10. The maximum absolute atomic E-state index is 10.7. The first-order chi connectivity index (χ1) is 16.4. The molecule has 6 nitrogen and oxygen atoms in total. The Hall–Kier alpha value is -3.63. The van der Waals surface area contributed by atoms with Gasteiger partial charge in [-0.25, -0.2) is 8.42 Å². The summed E-state index contributed by atoms with van der Waals surface area (Å²) >= 11 is 0. The van der Waals surface area contributed by atoms with E-state index in [1.807, 2.05) is 36.4 Å². The predicted molar refractivity (Wildman–Crippen MR) is 128 cm³/mol. The molecule has 2 aromatic carbocycles. The van der Waals surface area contributed by atoms with Gasteiger partial charge < -0.3 is 13.9 Å². The first-order valence-electron chi connectivity index (χ1n) is 10.3. The first-order valence-corrected chi connectivity index (χ1v) is 11.7. The van der Waals surface area contributed by atoms with E-state index < -0.39 is 15.6 Å². The van der Waals surface area contributed by atoms with Gasteiger partial charge in [-0.15, -0.1) is 0 Å². The van der Waals surface area contributed by atoms with E-state index in [2.05, 4.69) is 79.2 Å². The van der Waals surface area contributed by atoms with E-state index in [9.17, 15) is 13.2 Å². The van der Waals surface area contributed by atoms with E-state index in [0.717, 1.165) is 22.8 Å². The SMILES string of the molecule is CN(C)c1ccc2c(ccc(/C=C/c3ccc(-c4ccccc4)o3)[n+]2C)c1.O=S(=O)([O-])C(F)(F)F. The molecular weight excluding hydrogens is 481 g/mol. The number of hydrogen-bond acceptors (Lipinski definition) is 5. The maximum Gasteiger partial charge on any atom is 0.485 e. The zero-order valence-electron chi connectivity index (χ0n) is 19.2. The number of hydrogen-bond donors (Lipinski definition) is 0. The predicted octanol–water partition coefficient (Wildman–Crippen LogP) is 5.21. The van der Waals surface area contributed by atoms with Gasteiger partial charge in [-0.3, -0.25) is 0 Å². The summed E-state index contributed by atoms with van der Waals surface area (Å²) in [5.41, 5.74) is -1.03. The smallest absolute Gasteiger partial charge is 0.485 e. The highest BCUT2D eigenvalue weighted by atomic mass is 32.2. The molecule has 0 aliphatic carbocycles. The van der Waals surface area contributed by atoms with Gasteiger partial charge in [-0.1, -0.05) is 30.3 Å². The van der Waals surface area contributed by atoms with Gasteiger partial charge in [0.25, 0.3) is 0 Å².